The third-order valence-electron chi connectivity index (χ3n) is 10.4. The van der Waals surface area contributed by atoms with Crippen molar-refractivity contribution < 1.29 is 23.3 Å². The molecule has 4 aromatic rings. The summed E-state index contributed by atoms with van der Waals surface area (Å²) in [4.78, 5) is 19.4. The molecular formula is C37H46FN5O4. The summed E-state index contributed by atoms with van der Waals surface area (Å²) >= 11 is 0. The highest BCUT2D eigenvalue weighted by Crippen LogP contribution is 2.43. The predicted octanol–water partition coefficient (Wildman–Crippen LogP) is 6.93. The number of benzene rings is 2. The average Bonchev–Trinajstić information content (AvgIpc) is 3.53. The van der Waals surface area contributed by atoms with E-state index in [0.29, 0.717) is 35.2 Å². The first-order chi connectivity index (χ1) is 23.0. The molecule has 0 amide bonds. The van der Waals surface area contributed by atoms with Gasteiger partial charge in [-0.1, -0.05) is 38.0 Å². The molecule has 3 aliphatic heterocycles. The van der Waals surface area contributed by atoms with Gasteiger partial charge in [0.1, 0.15) is 29.4 Å². The van der Waals surface area contributed by atoms with Crippen molar-refractivity contribution in [3.8, 4) is 23.0 Å². The number of methoxy groups -OCH3 is 2. The number of halogens is 1. The van der Waals surface area contributed by atoms with Crippen molar-refractivity contribution in [1.82, 2.24) is 19.9 Å². The van der Waals surface area contributed by atoms with Crippen LogP contribution in [-0.4, -0.2) is 85.3 Å². The maximum atomic E-state index is 17.1. The lowest BCUT2D eigenvalue weighted by atomic mass is 9.95. The molecule has 0 aliphatic carbocycles. The molecule has 3 saturated heterocycles. The standard InChI is InChI=1S/C37H46FN5O4/c1-4-25-11-9-12-26-19-28(47-24-45-3)20-29(31(25)26)33-32(38)34-30(21-39-33)35(42-16-7-5-6-8-17-42)41-36(40-34)46-23-37-14-10-18-43(37)27(13-15-37)22-44-2/h9,11-12,19-21,27H,4-8,10,13-18,22-24H2,1-3H3/t27-,37?/m1/s1. The van der Waals surface area contributed by atoms with Gasteiger partial charge in [-0.3, -0.25) is 9.88 Å². The van der Waals surface area contributed by atoms with E-state index in [9.17, 15) is 0 Å². The highest BCUT2D eigenvalue weighted by molar-refractivity contribution is 6.01. The molecule has 9 nitrogen and oxygen atoms in total. The zero-order chi connectivity index (χ0) is 32.4. The Morgan fingerprint density at radius 3 is 2.60 bits per heavy atom. The number of aromatic nitrogens is 3. The van der Waals surface area contributed by atoms with Crippen molar-refractivity contribution >= 4 is 27.5 Å². The number of hydrogen-bond acceptors (Lipinski definition) is 9. The van der Waals surface area contributed by atoms with Crippen LogP contribution in [0.15, 0.2) is 36.5 Å². The number of ether oxygens (including phenoxy) is 4. The first kappa shape index (κ1) is 32.0. The number of nitrogens with zero attached hydrogens (tertiary/aromatic N) is 5. The van der Waals surface area contributed by atoms with E-state index in [1.54, 1.807) is 20.4 Å². The molecule has 0 bridgehead atoms. The lowest BCUT2D eigenvalue weighted by Crippen LogP contribution is -2.47. The van der Waals surface area contributed by atoms with Gasteiger partial charge in [0.2, 0.25) is 0 Å². The summed E-state index contributed by atoms with van der Waals surface area (Å²) in [5, 5.41) is 2.51. The first-order valence-corrected chi connectivity index (χ1v) is 17.2. The van der Waals surface area contributed by atoms with Gasteiger partial charge in [0.25, 0.3) is 0 Å². The van der Waals surface area contributed by atoms with E-state index in [2.05, 4.69) is 22.8 Å². The van der Waals surface area contributed by atoms with Crippen molar-refractivity contribution in [2.24, 2.45) is 0 Å². The van der Waals surface area contributed by atoms with E-state index in [1.165, 1.54) is 12.8 Å². The van der Waals surface area contributed by atoms with Crippen molar-refractivity contribution in [3.63, 3.8) is 0 Å². The average molecular weight is 644 g/mol. The Morgan fingerprint density at radius 2 is 1.81 bits per heavy atom. The van der Waals surface area contributed by atoms with E-state index in [1.807, 2.05) is 24.3 Å². The quantitative estimate of drug-likeness (QED) is 0.162. The van der Waals surface area contributed by atoms with E-state index in [4.69, 9.17) is 33.9 Å². The highest BCUT2D eigenvalue weighted by atomic mass is 19.1. The predicted molar refractivity (Wildman–Crippen MR) is 182 cm³/mol. The second-order valence-corrected chi connectivity index (χ2v) is 13.3. The summed E-state index contributed by atoms with van der Waals surface area (Å²) in [6.07, 6.45) is 11.3. The minimum atomic E-state index is -0.483. The first-order valence-electron chi connectivity index (χ1n) is 17.2. The number of aryl methyl sites for hydroxylation is 1. The fourth-order valence-corrected chi connectivity index (χ4v) is 8.15. The monoisotopic (exact) mass is 643 g/mol. The smallest absolute Gasteiger partial charge is 0.319 e. The van der Waals surface area contributed by atoms with Gasteiger partial charge in [-0.05, 0) is 80.0 Å². The zero-order valence-electron chi connectivity index (χ0n) is 27.9. The summed E-state index contributed by atoms with van der Waals surface area (Å²) in [5.74, 6) is 0.804. The van der Waals surface area contributed by atoms with Crippen molar-refractivity contribution in [2.75, 3.05) is 58.8 Å². The Bertz CT molecular complexity index is 1730. The van der Waals surface area contributed by atoms with E-state index in [-0.39, 0.29) is 29.6 Å². The molecule has 3 fully saturated rings. The van der Waals surface area contributed by atoms with Crippen LogP contribution in [0.2, 0.25) is 0 Å². The lowest BCUT2D eigenvalue weighted by molar-refractivity contribution is 0.0512. The van der Waals surface area contributed by atoms with Crippen LogP contribution >= 0.6 is 0 Å². The highest BCUT2D eigenvalue weighted by Gasteiger charge is 2.49. The van der Waals surface area contributed by atoms with E-state index in [0.717, 1.165) is 87.5 Å². The summed E-state index contributed by atoms with van der Waals surface area (Å²) in [6.45, 7) is 6.14. The molecule has 2 atom stereocenters. The fraction of sp³-hybridized carbons (Fsp3) is 0.541. The second kappa shape index (κ2) is 13.9. The molecule has 2 aromatic heterocycles. The third-order valence-corrected chi connectivity index (χ3v) is 10.4. The molecule has 47 heavy (non-hydrogen) atoms. The van der Waals surface area contributed by atoms with Crippen LogP contribution in [0.3, 0.4) is 0 Å². The van der Waals surface area contributed by atoms with Crippen LogP contribution in [0, 0.1) is 5.82 Å². The molecular weight excluding hydrogens is 597 g/mol. The van der Waals surface area contributed by atoms with Gasteiger partial charge in [-0.2, -0.15) is 9.97 Å². The van der Waals surface area contributed by atoms with Crippen LogP contribution in [0.4, 0.5) is 10.2 Å². The van der Waals surface area contributed by atoms with Crippen LogP contribution in [0.5, 0.6) is 11.8 Å². The van der Waals surface area contributed by atoms with Gasteiger partial charge in [0, 0.05) is 45.1 Å². The van der Waals surface area contributed by atoms with Crippen molar-refractivity contribution in [1.29, 1.82) is 0 Å². The molecule has 0 N–H and O–H groups in total. The van der Waals surface area contributed by atoms with Crippen LogP contribution < -0.4 is 14.4 Å². The van der Waals surface area contributed by atoms with E-state index >= 15 is 4.39 Å². The molecule has 7 rings (SSSR count). The number of fused-ring (bicyclic) bond motifs is 3. The second-order valence-electron chi connectivity index (χ2n) is 13.3. The Kier molecular flexibility index (Phi) is 9.43. The molecule has 10 heteroatoms. The van der Waals surface area contributed by atoms with Crippen LogP contribution in [0.25, 0.3) is 32.9 Å². The molecule has 0 saturated carbocycles. The molecule has 0 spiro atoms. The number of pyridine rings is 1. The maximum Gasteiger partial charge on any atom is 0.319 e. The molecule has 250 valence electrons. The summed E-state index contributed by atoms with van der Waals surface area (Å²) < 4.78 is 40.2. The maximum absolute atomic E-state index is 17.1. The topological polar surface area (TPSA) is 82.1 Å². The number of rotatable bonds is 11. The lowest BCUT2D eigenvalue weighted by Gasteiger charge is -2.34. The Labute approximate surface area is 276 Å². The van der Waals surface area contributed by atoms with Gasteiger partial charge in [-0.15, -0.1) is 0 Å². The molecule has 5 heterocycles. The largest absolute Gasteiger partial charge is 0.468 e. The Balaban J connectivity index is 1.34. The Hall–Kier alpha value is -3.60. The molecule has 1 unspecified atom stereocenters. The SMILES string of the molecule is CCc1cccc2cc(OCOC)cc(-c3ncc4c(N5CCCCCC5)nc(OCC56CCCN5[C@@H](COC)CC6)nc4c3F)c12. The minimum Gasteiger partial charge on any atom is -0.468 e. The van der Waals surface area contributed by atoms with Gasteiger partial charge < -0.3 is 23.8 Å². The van der Waals surface area contributed by atoms with Crippen molar-refractivity contribution in [3.05, 3.63) is 47.9 Å². The van der Waals surface area contributed by atoms with Crippen LogP contribution in [0.1, 0.15) is 63.9 Å². The Morgan fingerprint density at radius 1 is 0.957 bits per heavy atom. The molecule has 0 radical (unpaired) electrons. The van der Waals surface area contributed by atoms with Gasteiger partial charge in [-0.25, -0.2) is 4.39 Å². The normalized spacial score (nSPS) is 21.8. The summed E-state index contributed by atoms with van der Waals surface area (Å²) in [6, 6.07) is 10.6. The van der Waals surface area contributed by atoms with Crippen LogP contribution in [-0.2, 0) is 15.9 Å². The molecule has 3 aliphatic rings. The minimum absolute atomic E-state index is 0.0651. The number of anilines is 1. The van der Waals surface area contributed by atoms with Crippen molar-refractivity contribution in [2.45, 2.75) is 76.3 Å². The third kappa shape index (κ3) is 6.11. The zero-order valence-corrected chi connectivity index (χ0v) is 27.9. The number of hydrogen-bond donors (Lipinski definition) is 0. The summed E-state index contributed by atoms with van der Waals surface area (Å²) in [7, 11) is 3.35. The summed E-state index contributed by atoms with van der Waals surface area (Å²) in [5.41, 5.74) is 2.17. The molecule has 2 aromatic carbocycles. The van der Waals surface area contributed by atoms with Gasteiger partial charge >= 0.3 is 6.01 Å². The van der Waals surface area contributed by atoms with E-state index < -0.39 is 5.82 Å². The van der Waals surface area contributed by atoms with Gasteiger partial charge in [0.05, 0.1) is 17.5 Å². The van der Waals surface area contributed by atoms with Gasteiger partial charge in [0.15, 0.2) is 12.6 Å². The fourth-order valence-electron chi connectivity index (χ4n) is 8.15.